The molecule has 3 heteroatoms. The lowest BCUT2D eigenvalue weighted by atomic mass is 10.2. The van der Waals surface area contributed by atoms with E-state index in [1.165, 1.54) is 12.8 Å². The Hall–Kier alpha value is -0.960. The number of ether oxygens (including phenoxy) is 1. The molecule has 0 bridgehead atoms. The number of methoxy groups -OCH3 is 1. The van der Waals surface area contributed by atoms with E-state index in [0.717, 1.165) is 11.3 Å². The summed E-state index contributed by atoms with van der Waals surface area (Å²) in [5.41, 5.74) is 2.12. The Morgan fingerprint density at radius 3 is 3.00 bits per heavy atom. The Bertz CT molecular complexity index is 333. The summed E-state index contributed by atoms with van der Waals surface area (Å²) in [5.74, 6) is 0.666. The van der Waals surface area contributed by atoms with Crippen LogP contribution in [0.1, 0.15) is 30.0 Å². The molecule has 1 aliphatic rings. The van der Waals surface area contributed by atoms with Gasteiger partial charge in [0.2, 0.25) is 0 Å². The molecule has 1 aliphatic carbocycles. The summed E-state index contributed by atoms with van der Waals surface area (Å²) in [6, 6.07) is 3.92. The first kappa shape index (κ1) is 8.63. The maximum absolute atomic E-state index is 5.04. The number of hydrogen-bond donors (Lipinski definition) is 0. The van der Waals surface area contributed by atoms with Crippen molar-refractivity contribution in [2.45, 2.75) is 18.8 Å². The van der Waals surface area contributed by atoms with Gasteiger partial charge in [0.1, 0.15) is 0 Å². The molecule has 1 fully saturated rings. The van der Waals surface area contributed by atoms with Crippen LogP contribution in [-0.4, -0.2) is 17.1 Å². The van der Waals surface area contributed by atoms with Crippen LogP contribution in [0.2, 0.25) is 0 Å². The van der Waals surface area contributed by atoms with Crippen molar-refractivity contribution in [3.63, 3.8) is 0 Å². The van der Waals surface area contributed by atoms with Gasteiger partial charge in [0.05, 0.1) is 7.11 Å². The minimum atomic E-state index is 0.546. The van der Waals surface area contributed by atoms with Gasteiger partial charge in [-0.05, 0) is 37.2 Å². The second kappa shape index (κ2) is 3.42. The first-order chi connectivity index (χ1) is 6.31. The molecule has 0 atom stereocenters. The Labute approximate surface area is 82.9 Å². The van der Waals surface area contributed by atoms with E-state index < -0.39 is 0 Å². The second-order valence-electron chi connectivity index (χ2n) is 3.24. The first-order valence-electron chi connectivity index (χ1n) is 4.35. The van der Waals surface area contributed by atoms with E-state index in [1.54, 1.807) is 13.3 Å². The van der Waals surface area contributed by atoms with E-state index in [9.17, 15) is 0 Å². The highest BCUT2D eigenvalue weighted by Crippen LogP contribution is 2.38. The number of aromatic nitrogens is 1. The Morgan fingerprint density at radius 2 is 2.38 bits per heavy atom. The molecular weight excluding hydrogens is 182 g/mol. The summed E-state index contributed by atoms with van der Waals surface area (Å²) in [7, 11) is 1.60. The zero-order valence-electron chi connectivity index (χ0n) is 7.49. The number of pyridine rings is 1. The van der Waals surface area contributed by atoms with Crippen LogP contribution in [-0.2, 0) is 4.74 Å². The summed E-state index contributed by atoms with van der Waals surface area (Å²) in [5, 5.41) is 0.546. The number of rotatable bonds is 2. The zero-order chi connectivity index (χ0) is 9.26. The third-order valence-electron chi connectivity index (χ3n) is 2.20. The van der Waals surface area contributed by atoms with Gasteiger partial charge in [-0.1, -0.05) is 0 Å². The van der Waals surface area contributed by atoms with Gasteiger partial charge in [0.15, 0.2) is 5.05 Å². The highest BCUT2D eigenvalue weighted by atomic mass is 32.1. The van der Waals surface area contributed by atoms with E-state index in [1.807, 2.05) is 12.1 Å². The van der Waals surface area contributed by atoms with Crippen molar-refractivity contribution in [3.8, 4) is 0 Å². The van der Waals surface area contributed by atoms with E-state index in [-0.39, 0.29) is 0 Å². The molecule has 1 saturated carbocycles. The fraction of sp³-hybridized carbons (Fsp3) is 0.400. The van der Waals surface area contributed by atoms with Crippen LogP contribution in [0, 0.1) is 0 Å². The van der Waals surface area contributed by atoms with Crippen molar-refractivity contribution in [2.24, 2.45) is 0 Å². The lowest BCUT2D eigenvalue weighted by Crippen LogP contribution is -2.00. The van der Waals surface area contributed by atoms with Crippen LogP contribution in [0.25, 0.3) is 0 Å². The molecule has 2 rings (SSSR count). The zero-order valence-corrected chi connectivity index (χ0v) is 8.30. The van der Waals surface area contributed by atoms with Crippen molar-refractivity contribution in [3.05, 3.63) is 29.6 Å². The molecule has 1 heterocycles. The number of nitrogens with zero attached hydrogens (tertiary/aromatic N) is 1. The van der Waals surface area contributed by atoms with Crippen LogP contribution in [0.5, 0.6) is 0 Å². The van der Waals surface area contributed by atoms with Gasteiger partial charge in [0.25, 0.3) is 0 Å². The Balaban J connectivity index is 2.26. The molecule has 13 heavy (non-hydrogen) atoms. The van der Waals surface area contributed by atoms with Gasteiger partial charge in [-0.2, -0.15) is 0 Å². The third kappa shape index (κ3) is 1.86. The smallest absolute Gasteiger partial charge is 0.190 e. The average molecular weight is 193 g/mol. The second-order valence-corrected chi connectivity index (χ2v) is 3.61. The maximum atomic E-state index is 5.04. The van der Waals surface area contributed by atoms with Crippen LogP contribution in [0.3, 0.4) is 0 Å². The molecule has 1 aromatic heterocycles. The minimum absolute atomic E-state index is 0.546. The van der Waals surface area contributed by atoms with E-state index in [2.05, 4.69) is 4.98 Å². The van der Waals surface area contributed by atoms with Gasteiger partial charge in [-0.25, -0.2) is 0 Å². The maximum Gasteiger partial charge on any atom is 0.190 e. The SMILES string of the molecule is COC(=S)c1ccnc(C2CC2)c1. The number of hydrogen-bond acceptors (Lipinski definition) is 3. The summed E-state index contributed by atoms with van der Waals surface area (Å²) >= 11 is 5.04. The summed E-state index contributed by atoms with van der Waals surface area (Å²) < 4.78 is 5.00. The molecule has 0 aromatic carbocycles. The van der Waals surface area contributed by atoms with Crippen LogP contribution in [0.4, 0.5) is 0 Å². The topological polar surface area (TPSA) is 22.1 Å². The van der Waals surface area contributed by atoms with Crippen molar-refractivity contribution < 1.29 is 4.74 Å². The number of thiocarbonyl (C=S) groups is 1. The fourth-order valence-corrected chi connectivity index (χ4v) is 1.42. The molecule has 0 aliphatic heterocycles. The van der Waals surface area contributed by atoms with Crippen molar-refractivity contribution >= 4 is 17.3 Å². The molecular formula is C10H11NOS. The summed E-state index contributed by atoms with van der Waals surface area (Å²) in [6.07, 6.45) is 4.32. The van der Waals surface area contributed by atoms with Gasteiger partial charge in [-0.3, -0.25) is 4.98 Å². The van der Waals surface area contributed by atoms with E-state index >= 15 is 0 Å². The summed E-state index contributed by atoms with van der Waals surface area (Å²) in [6.45, 7) is 0. The quantitative estimate of drug-likeness (QED) is 0.673. The average Bonchev–Trinajstić information content (AvgIpc) is 3.00. The lowest BCUT2D eigenvalue weighted by Gasteiger charge is -2.03. The van der Waals surface area contributed by atoms with E-state index in [4.69, 9.17) is 17.0 Å². The largest absolute Gasteiger partial charge is 0.486 e. The highest BCUT2D eigenvalue weighted by Gasteiger charge is 2.25. The van der Waals surface area contributed by atoms with Gasteiger partial charge in [-0.15, -0.1) is 0 Å². The Morgan fingerprint density at radius 1 is 1.62 bits per heavy atom. The third-order valence-corrected chi connectivity index (χ3v) is 2.60. The highest BCUT2D eigenvalue weighted by molar-refractivity contribution is 7.80. The van der Waals surface area contributed by atoms with Crippen LogP contribution < -0.4 is 0 Å². The Kier molecular flexibility index (Phi) is 2.27. The fourth-order valence-electron chi connectivity index (χ4n) is 1.30. The van der Waals surface area contributed by atoms with Crippen molar-refractivity contribution in [1.82, 2.24) is 4.98 Å². The normalized spacial score (nSPS) is 15.5. The molecule has 1 aromatic rings. The molecule has 0 radical (unpaired) electrons. The molecule has 0 amide bonds. The monoisotopic (exact) mass is 193 g/mol. The molecule has 68 valence electrons. The van der Waals surface area contributed by atoms with Gasteiger partial charge >= 0.3 is 0 Å². The molecule has 2 nitrogen and oxygen atoms in total. The standard InChI is InChI=1S/C10H11NOS/c1-12-10(13)8-4-5-11-9(6-8)7-2-3-7/h4-7H,2-3H2,1H3. The van der Waals surface area contributed by atoms with Gasteiger partial charge in [0, 0.05) is 23.4 Å². The first-order valence-corrected chi connectivity index (χ1v) is 4.76. The van der Waals surface area contributed by atoms with Gasteiger partial charge < -0.3 is 4.74 Å². The van der Waals surface area contributed by atoms with Crippen LogP contribution >= 0.6 is 12.2 Å². The molecule has 0 unspecified atom stereocenters. The predicted molar refractivity (Wildman–Crippen MR) is 54.9 cm³/mol. The van der Waals surface area contributed by atoms with Crippen molar-refractivity contribution in [2.75, 3.05) is 7.11 Å². The van der Waals surface area contributed by atoms with Crippen molar-refractivity contribution in [1.29, 1.82) is 0 Å². The molecule has 0 saturated heterocycles. The van der Waals surface area contributed by atoms with E-state index in [0.29, 0.717) is 11.0 Å². The molecule has 0 N–H and O–H groups in total. The lowest BCUT2D eigenvalue weighted by molar-refractivity contribution is 0.416. The molecule has 0 spiro atoms. The minimum Gasteiger partial charge on any atom is -0.486 e. The summed E-state index contributed by atoms with van der Waals surface area (Å²) in [4.78, 5) is 4.30. The van der Waals surface area contributed by atoms with Crippen LogP contribution in [0.15, 0.2) is 18.3 Å². The predicted octanol–water partition coefficient (Wildman–Crippen LogP) is 2.28.